The number of hydrogen-bond donors (Lipinski definition) is 2. The van der Waals surface area contributed by atoms with Crippen LogP contribution in [-0.2, 0) is 11.3 Å². The Morgan fingerprint density at radius 3 is 2.64 bits per heavy atom. The Morgan fingerprint density at radius 1 is 1.36 bits per heavy atom. The number of carbonyl (C=O) groups excluding carboxylic acids is 1. The van der Waals surface area contributed by atoms with Crippen molar-refractivity contribution in [3.05, 3.63) is 18.0 Å². The van der Waals surface area contributed by atoms with Gasteiger partial charge in [-0.1, -0.05) is 12.8 Å². The SMILES string of the molecule is CCNC(=NCC1(C(=O)N(C)C)CCCC1)NCCn1cc(C)cn1. The lowest BCUT2D eigenvalue weighted by Crippen LogP contribution is -2.43. The Balaban J connectivity index is 1.96. The summed E-state index contributed by atoms with van der Waals surface area (Å²) in [5.41, 5.74) is 0.830. The summed E-state index contributed by atoms with van der Waals surface area (Å²) in [5.74, 6) is 0.973. The summed E-state index contributed by atoms with van der Waals surface area (Å²) in [6, 6.07) is 0. The highest BCUT2D eigenvalue weighted by Crippen LogP contribution is 2.39. The Kier molecular flexibility index (Phi) is 6.84. The molecular formula is C18H32N6O. The highest BCUT2D eigenvalue weighted by atomic mass is 16.2. The zero-order valence-corrected chi connectivity index (χ0v) is 16.0. The second-order valence-corrected chi connectivity index (χ2v) is 7.09. The second kappa shape index (κ2) is 8.87. The van der Waals surface area contributed by atoms with Gasteiger partial charge in [0.1, 0.15) is 0 Å². The fraction of sp³-hybridized carbons (Fsp3) is 0.722. The van der Waals surface area contributed by atoms with E-state index < -0.39 is 0 Å². The summed E-state index contributed by atoms with van der Waals surface area (Å²) >= 11 is 0. The van der Waals surface area contributed by atoms with Crippen LogP contribution < -0.4 is 10.6 Å². The van der Waals surface area contributed by atoms with E-state index in [0.29, 0.717) is 6.54 Å². The van der Waals surface area contributed by atoms with Gasteiger partial charge in [-0.3, -0.25) is 14.5 Å². The van der Waals surface area contributed by atoms with Gasteiger partial charge in [0, 0.05) is 33.4 Å². The van der Waals surface area contributed by atoms with Crippen LogP contribution in [0.3, 0.4) is 0 Å². The van der Waals surface area contributed by atoms with Gasteiger partial charge < -0.3 is 15.5 Å². The van der Waals surface area contributed by atoms with Gasteiger partial charge in [-0.2, -0.15) is 5.10 Å². The van der Waals surface area contributed by atoms with E-state index in [1.807, 2.05) is 45.0 Å². The van der Waals surface area contributed by atoms with Crippen LogP contribution in [0, 0.1) is 12.3 Å². The Bertz CT molecular complexity index is 586. The van der Waals surface area contributed by atoms with Crippen LogP contribution in [-0.4, -0.2) is 60.3 Å². The molecule has 0 saturated heterocycles. The van der Waals surface area contributed by atoms with Gasteiger partial charge in [0.2, 0.25) is 5.91 Å². The van der Waals surface area contributed by atoms with Crippen LogP contribution in [0.4, 0.5) is 0 Å². The number of nitrogens with one attached hydrogen (secondary N) is 2. The van der Waals surface area contributed by atoms with E-state index >= 15 is 0 Å². The number of hydrogen-bond acceptors (Lipinski definition) is 3. The van der Waals surface area contributed by atoms with E-state index in [9.17, 15) is 4.79 Å². The van der Waals surface area contributed by atoms with Gasteiger partial charge in [0.05, 0.1) is 24.7 Å². The highest BCUT2D eigenvalue weighted by molar-refractivity contribution is 5.84. The average Bonchev–Trinajstić information content (AvgIpc) is 3.22. The monoisotopic (exact) mass is 348 g/mol. The largest absolute Gasteiger partial charge is 0.357 e. The van der Waals surface area contributed by atoms with Gasteiger partial charge in [0.25, 0.3) is 0 Å². The first kappa shape index (κ1) is 19.3. The predicted molar refractivity (Wildman–Crippen MR) is 101 cm³/mol. The van der Waals surface area contributed by atoms with Gasteiger partial charge in [-0.05, 0) is 32.3 Å². The fourth-order valence-electron chi connectivity index (χ4n) is 3.42. The van der Waals surface area contributed by atoms with Crippen molar-refractivity contribution in [2.75, 3.05) is 33.7 Å². The number of nitrogens with zero attached hydrogens (tertiary/aromatic N) is 4. The molecule has 2 N–H and O–H groups in total. The number of guanidine groups is 1. The molecule has 0 aliphatic heterocycles. The molecule has 1 aromatic heterocycles. The van der Waals surface area contributed by atoms with Crippen molar-refractivity contribution in [1.29, 1.82) is 0 Å². The molecule has 1 aromatic rings. The molecular weight excluding hydrogens is 316 g/mol. The molecule has 0 radical (unpaired) electrons. The van der Waals surface area contributed by atoms with Gasteiger partial charge in [0.15, 0.2) is 5.96 Å². The zero-order chi connectivity index (χ0) is 18.3. The third-order valence-corrected chi connectivity index (χ3v) is 4.70. The molecule has 0 aromatic carbocycles. The molecule has 0 spiro atoms. The van der Waals surface area contributed by atoms with Crippen molar-refractivity contribution >= 4 is 11.9 Å². The van der Waals surface area contributed by atoms with E-state index in [1.54, 1.807) is 4.90 Å². The van der Waals surface area contributed by atoms with E-state index in [1.165, 1.54) is 0 Å². The van der Waals surface area contributed by atoms with Crippen molar-refractivity contribution in [2.24, 2.45) is 10.4 Å². The molecule has 7 nitrogen and oxygen atoms in total. The fourth-order valence-corrected chi connectivity index (χ4v) is 3.42. The summed E-state index contributed by atoms with van der Waals surface area (Å²) in [7, 11) is 3.67. The molecule has 1 aliphatic carbocycles. The molecule has 140 valence electrons. The maximum Gasteiger partial charge on any atom is 0.230 e. The molecule has 1 amide bonds. The quantitative estimate of drug-likeness (QED) is 0.577. The molecule has 0 atom stereocenters. The average molecular weight is 348 g/mol. The van der Waals surface area contributed by atoms with Crippen LogP contribution in [0.15, 0.2) is 17.4 Å². The van der Waals surface area contributed by atoms with Crippen molar-refractivity contribution in [2.45, 2.75) is 46.1 Å². The highest BCUT2D eigenvalue weighted by Gasteiger charge is 2.41. The zero-order valence-electron chi connectivity index (χ0n) is 16.0. The van der Waals surface area contributed by atoms with Crippen LogP contribution in [0.5, 0.6) is 0 Å². The van der Waals surface area contributed by atoms with Crippen LogP contribution in [0.25, 0.3) is 0 Å². The van der Waals surface area contributed by atoms with E-state index in [2.05, 4.69) is 15.7 Å². The first-order chi connectivity index (χ1) is 12.0. The molecule has 1 fully saturated rings. The Labute approximate surface area is 150 Å². The molecule has 2 rings (SSSR count). The summed E-state index contributed by atoms with van der Waals surface area (Å²) < 4.78 is 1.92. The van der Waals surface area contributed by atoms with E-state index in [0.717, 1.165) is 56.8 Å². The smallest absolute Gasteiger partial charge is 0.230 e. The first-order valence-corrected chi connectivity index (χ1v) is 9.20. The van der Waals surface area contributed by atoms with Gasteiger partial charge in [-0.25, -0.2) is 0 Å². The molecule has 0 bridgehead atoms. The number of rotatable bonds is 7. The maximum atomic E-state index is 12.6. The van der Waals surface area contributed by atoms with Crippen molar-refractivity contribution in [3.63, 3.8) is 0 Å². The number of amides is 1. The van der Waals surface area contributed by atoms with Gasteiger partial charge >= 0.3 is 0 Å². The lowest BCUT2D eigenvalue weighted by atomic mass is 9.85. The third-order valence-electron chi connectivity index (χ3n) is 4.70. The summed E-state index contributed by atoms with van der Waals surface area (Å²) in [5, 5.41) is 10.9. The molecule has 1 aliphatic rings. The molecule has 1 heterocycles. The minimum absolute atomic E-state index is 0.205. The predicted octanol–water partition coefficient (Wildman–Crippen LogP) is 1.40. The maximum absolute atomic E-state index is 12.6. The molecule has 1 saturated carbocycles. The van der Waals surface area contributed by atoms with Crippen molar-refractivity contribution in [1.82, 2.24) is 25.3 Å². The summed E-state index contributed by atoms with van der Waals surface area (Å²) in [6.45, 7) is 6.93. The first-order valence-electron chi connectivity index (χ1n) is 9.20. The molecule has 25 heavy (non-hydrogen) atoms. The van der Waals surface area contributed by atoms with Gasteiger partial charge in [-0.15, -0.1) is 0 Å². The topological polar surface area (TPSA) is 74.6 Å². The van der Waals surface area contributed by atoms with Crippen LogP contribution >= 0.6 is 0 Å². The Morgan fingerprint density at radius 2 is 2.08 bits per heavy atom. The van der Waals surface area contributed by atoms with E-state index in [-0.39, 0.29) is 11.3 Å². The molecule has 7 heteroatoms. The number of aryl methyl sites for hydroxylation is 1. The third kappa shape index (κ3) is 5.21. The number of aromatic nitrogens is 2. The summed E-state index contributed by atoms with van der Waals surface area (Å²) in [4.78, 5) is 19.1. The number of carbonyl (C=O) groups is 1. The minimum Gasteiger partial charge on any atom is -0.357 e. The van der Waals surface area contributed by atoms with Crippen LogP contribution in [0.2, 0.25) is 0 Å². The summed E-state index contributed by atoms with van der Waals surface area (Å²) in [6.07, 6.45) is 7.96. The van der Waals surface area contributed by atoms with Crippen LogP contribution in [0.1, 0.15) is 38.2 Å². The molecule has 0 unspecified atom stereocenters. The Hall–Kier alpha value is -2.05. The van der Waals surface area contributed by atoms with E-state index in [4.69, 9.17) is 4.99 Å². The number of aliphatic imine (C=N–C) groups is 1. The normalized spacial score (nSPS) is 16.7. The van der Waals surface area contributed by atoms with Crippen molar-refractivity contribution in [3.8, 4) is 0 Å². The van der Waals surface area contributed by atoms with Crippen molar-refractivity contribution < 1.29 is 4.79 Å². The minimum atomic E-state index is -0.328. The lowest BCUT2D eigenvalue weighted by Gasteiger charge is -2.29. The standard InChI is InChI=1S/C18H32N6O/c1-5-19-17(20-10-11-24-13-15(2)12-22-24)21-14-18(8-6-7-9-18)16(25)23(3)4/h12-13H,5-11,14H2,1-4H3,(H2,19,20,21). The second-order valence-electron chi connectivity index (χ2n) is 7.09. The lowest BCUT2D eigenvalue weighted by molar-refractivity contribution is -0.138.